The predicted molar refractivity (Wildman–Crippen MR) is 112 cm³/mol. The normalized spacial score (nSPS) is 9.67. The van der Waals surface area contributed by atoms with Gasteiger partial charge in [-0.3, -0.25) is 0 Å². The molecule has 2 aromatic rings. The number of rotatable bonds is 3. The Hall–Kier alpha value is -2.60. The summed E-state index contributed by atoms with van der Waals surface area (Å²) >= 11 is 0. The second kappa shape index (κ2) is 8.31. The first-order chi connectivity index (χ1) is 11.2. The molecule has 0 amide bonds. The van der Waals surface area contributed by atoms with Gasteiger partial charge < -0.3 is 0 Å². The van der Waals surface area contributed by atoms with Gasteiger partial charge in [-0.05, 0) is 72.0 Å². The third kappa shape index (κ3) is 4.45. The van der Waals surface area contributed by atoms with E-state index in [0.29, 0.717) is 0 Å². The summed E-state index contributed by atoms with van der Waals surface area (Å²) in [5.74, 6) is 0. The number of hydrogen-bond acceptors (Lipinski definition) is 0. The van der Waals surface area contributed by atoms with Crippen LogP contribution < -0.4 is 10.4 Å². The van der Waals surface area contributed by atoms with Gasteiger partial charge in [0.2, 0.25) is 0 Å². The third-order valence-electron chi connectivity index (χ3n) is 4.14. The summed E-state index contributed by atoms with van der Waals surface area (Å²) < 4.78 is 0. The maximum atomic E-state index is 4.05. The summed E-state index contributed by atoms with van der Waals surface area (Å²) in [5, 5.41) is 1.88. The maximum absolute atomic E-state index is 4.05. The Kier molecular flexibility index (Phi) is 6.73. The smallest absolute Gasteiger partial charge is 0.0112 e. The van der Waals surface area contributed by atoms with E-state index in [-0.39, 0.29) is 0 Å². The third-order valence-corrected chi connectivity index (χ3v) is 4.14. The molecule has 0 aliphatic rings. The fourth-order valence-corrected chi connectivity index (χ4v) is 2.57. The van der Waals surface area contributed by atoms with E-state index in [9.17, 15) is 0 Å². The molecule has 0 unspecified atom stereocenters. The standard InChI is InChI=1S/C15H16.C9H12/c1-7-13-11(5)9-15(10(3)4)12(6)14(13)8-2;1-7-4-5-8(2)9(3)6-7/h7-9H,1-3,5-6H2,4H3;4-6H,1-3H3. The average molecular weight is 316 g/mol. The second-order valence-electron chi connectivity index (χ2n) is 6.17. The van der Waals surface area contributed by atoms with Crippen molar-refractivity contribution in [3.63, 3.8) is 0 Å². The Morgan fingerprint density at radius 1 is 0.875 bits per heavy atom. The molecule has 0 radical (unpaired) electrons. The monoisotopic (exact) mass is 316 g/mol. The summed E-state index contributed by atoms with van der Waals surface area (Å²) in [5.41, 5.74) is 8.13. The highest BCUT2D eigenvalue weighted by Gasteiger charge is 2.04. The molecule has 0 nitrogen and oxygen atoms in total. The van der Waals surface area contributed by atoms with Crippen molar-refractivity contribution in [1.82, 2.24) is 0 Å². The Bertz CT molecular complexity index is 879. The zero-order valence-electron chi connectivity index (χ0n) is 15.5. The highest BCUT2D eigenvalue weighted by atomic mass is 14.1. The van der Waals surface area contributed by atoms with Crippen LogP contribution in [-0.2, 0) is 0 Å². The van der Waals surface area contributed by atoms with E-state index in [1.54, 1.807) is 12.2 Å². The van der Waals surface area contributed by atoms with Crippen molar-refractivity contribution in [1.29, 1.82) is 0 Å². The van der Waals surface area contributed by atoms with Gasteiger partial charge in [0.15, 0.2) is 0 Å². The van der Waals surface area contributed by atoms with Gasteiger partial charge in [-0.15, -0.1) is 0 Å². The minimum absolute atomic E-state index is 0.935. The molecule has 0 aliphatic heterocycles. The van der Waals surface area contributed by atoms with Crippen LogP contribution in [0.3, 0.4) is 0 Å². The first-order valence-electron chi connectivity index (χ1n) is 8.02. The molecule has 124 valence electrons. The van der Waals surface area contributed by atoms with Crippen molar-refractivity contribution in [2.45, 2.75) is 27.7 Å². The molecule has 0 saturated heterocycles. The molecule has 0 N–H and O–H groups in total. The minimum Gasteiger partial charge on any atom is -0.0984 e. The molecule has 0 aromatic heterocycles. The number of aryl methyl sites for hydroxylation is 3. The number of allylic oxidation sites excluding steroid dienone is 1. The van der Waals surface area contributed by atoms with Crippen molar-refractivity contribution in [3.8, 4) is 0 Å². The summed E-state index contributed by atoms with van der Waals surface area (Å²) in [4.78, 5) is 0. The van der Waals surface area contributed by atoms with Crippen molar-refractivity contribution >= 4 is 30.9 Å². The van der Waals surface area contributed by atoms with Crippen LogP contribution >= 0.6 is 0 Å². The molecule has 0 aliphatic carbocycles. The van der Waals surface area contributed by atoms with Gasteiger partial charge in [0.1, 0.15) is 0 Å². The van der Waals surface area contributed by atoms with Crippen LogP contribution in [0.4, 0.5) is 0 Å². The molecule has 0 spiro atoms. The zero-order valence-corrected chi connectivity index (χ0v) is 15.5. The average Bonchev–Trinajstić information content (AvgIpc) is 2.53. The second-order valence-corrected chi connectivity index (χ2v) is 6.17. The van der Waals surface area contributed by atoms with E-state index < -0.39 is 0 Å². The molecule has 0 atom stereocenters. The summed E-state index contributed by atoms with van der Waals surface area (Å²) in [6, 6.07) is 8.50. The van der Waals surface area contributed by atoms with Crippen LogP contribution in [0.25, 0.3) is 30.9 Å². The Balaban J connectivity index is 0.000000272. The highest BCUT2D eigenvalue weighted by molar-refractivity contribution is 5.72. The summed E-state index contributed by atoms with van der Waals surface area (Å²) in [6.07, 6.45) is 3.58. The molecule has 0 heteroatoms. The Labute approximate surface area is 146 Å². The molecule has 0 bridgehead atoms. The minimum atomic E-state index is 0.935. The first-order valence-corrected chi connectivity index (χ1v) is 8.02. The van der Waals surface area contributed by atoms with Gasteiger partial charge in [-0.1, -0.05) is 74.4 Å². The van der Waals surface area contributed by atoms with E-state index in [4.69, 9.17) is 0 Å². The molecule has 0 heterocycles. The maximum Gasteiger partial charge on any atom is -0.0112 e. The molecule has 2 aromatic carbocycles. The topological polar surface area (TPSA) is 0 Å². The van der Waals surface area contributed by atoms with Crippen LogP contribution in [-0.4, -0.2) is 0 Å². The van der Waals surface area contributed by atoms with Crippen molar-refractivity contribution in [2.75, 3.05) is 0 Å². The molecular formula is C24H28. The summed E-state index contributed by atoms with van der Waals surface area (Å²) in [6.45, 7) is 27.9. The predicted octanol–water partition coefficient (Wildman–Crippen LogP) is 5.44. The molecule has 0 fully saturated rings. The fraction of sp³-hybridized carbons (Fsp3) is 0.167. The van der Waals surface area contributed by atoms with E-state index in [0.717, 1.165) is 32.7 Å². The lowest BCUT2D eigenvalue weighted by Gasteiger charge is -2.08. The molecule has 24 heavy (non-hydrogen) atoms. The molecular weight excluding hydrogens is 288 g/mol. The molecule has 0 saturated carbocycles. The Morgan fingerprint density at radius 2 is 1.46 bits per heavy atom. The van der Waals surface area contributed by atoms with E-state index in [1.807, 2.05) is 13.0 Å². The van der Waals surface area contributed by atoms with Gasteiger partial charge in [0, 0.05) is 0 Å². The van der Waals surface area contributed by atoms with Gasteiger partial charge in [-0.2, -0.15) is 0 Å². The van der Waals surface area contributed by atoms with Crippen LogP contribution in [0.15, 0.2) is 44.0 Å². The van der Waals surface area contributed by atoms with Gasteiger partial charge in [-0.25, -0.2) is 0 Å². The zero-order chi connectivity index (χ0) is 18.4. The van der Waals surface area contributed by atoms with Crippen LogP contribution in [0, 0.1) is 20.8 Å². The highest BCUT2D eigenvalue weighted by Crippen LogP contribution is 2.10. The van der Waals surface area contributed by atoms with E-state index >= 15 is 0 Å². The van der Waals surface area contributed by atoms with E-state index in [1.165, 1.54) is 16.7 Å². The molecule has 2 rings (SSSR count). The van der Waals surface area contributed by atoms with Crippen molar-refractivity contribution in [3.05, 3.63) is 87.8 Å². The van der Waals surface area contributed by atoms with Gasteiger partial charge in [0.05, 0.1) is 0 Å². The van der Waals surface area contributed by atoms with Crippen LogP contribution in [0.5, 0.6) is 0 Å². The van der Waals surface area contributed by atoms with Gasteiger partial charge >= 0.3 is 0 Å². The lowest BCUT2D eigenvalue weighted by molar-refractivity contribution is 1.30. The first kappa shape index (κ1) is 19.4. The SMILES string of the molecule is C=Cc1c(C=C)c(=C)c(C(=C)C)cc1=C.Cc1ccc(C)c(C)c1. The lowest BCUT2D eigenvalue weighted by atomic mass is 9.96. The number of benzene rings is 2. The lowest BCUT2D eigenvalue weighted by Crippen LogP contribution is -2.19. The van der Waals surface area contributed by atoms with Crippen LogP contribution in [0.2, 0.25) is 0 Å². The quantitative estimate of drug-likeness (QED) is 0.707. The number of hydrogen-bond donors (Lipinski definition) is 0. The van der Waals surface area contributed by atoms with E-state index in [2.05, 4.69) is 71.9 Å². The Morgan fingerprint density at radius 3 is 1.88 bits per heavy atom. The van der Waals surface area contributed by atoms with Gasteiger partial charge in [0.25, 0.3) is 0 Å². The summed E-state index contributed by atoms with van der Waals surface area (Å²) in [7, 11) is 0. The fourth-order valence-electron chi connectivity index (χ4n) is 2.57. The van der Waals surface area contributed by atoms with Crippen molar-refractivity contribution < 1.29 is 0 Å². The largest absolute Gasteiger partial charge is 0.0984 e. The van der Waals surface area contributed by atoms with Crippen LogP contribution in [0.1, 0.15) is 40.3 Å². The van der Waals surface area contributed by atoms with Crippen molar-refractivity contribution in [2.24, 2.45) is 0 Å².